The van der Waals surface area contributed by atoms with Crippen LogP contribution in [-0.4, -0.2) is 18.8 Å². The maximum Gasteiger partial charge on any atom is 0.230 e. The van der Waals surface area contributed by atoms with Crippen LogP contribution in [0.5, 0.6) is 5.75 Å². The van der Waals surface area contributed by atoms with Gasteiger partial charge >= 0.3 is 0 Å². The third kappa shape index (κ3) is 5.13. The van der Waals surface area contributed by atoms with E-state index in [9.17, 15) is 4.79 Å². The highest BCUT2D eigenvalue weighted by molar-refractivity contribution is 8.00. The van der Waals surface area contributed by atoms with Gasteiger partial charge < -0.3 is 10.1 Å². The van der Waals surface area contributed by atoms with Crippen molar-refractivity contribution in [2.45, 2.75) is 11.4 Å². The minimum absolute atomic E-state index is 0.0492. The van der Waals surface area contributed by atoms with Gasteiger partial charge in [-0.2, -0.15) is 0 Å². The fraction of sp³-hybridized carbons (Fsp3) is 0.188. The number of nitrogens with one attached hydrogen (secondary N) is 1. The first-order valence-electron chi connectivity index (χ1n) is 6.56. The van der Waals surface area contributed by atoms with E-state index >= 15 is 0 Å². The van der Waals surface area contributed by atoms with Gasteiger partial charge in [0.2, 0.25) is 5.91 Å². The van der Waals surface area contributed by atoms with Crippen LogP contribution >= 0.6 is 35.0 Å². The van der Waals surface area contributed by atoms with Gasteiger partial charge in [0.15, 0.2) is 0 Å². The molecule has 0 spiro atoms. The number of thioether (sulfide) groups is 1. The first-order chi connectivity index (χ1) is 10.6. The van der Waals surface area contributed by atoms with Crippen LogP contribution in [-0.2, 0) is 11.3 Å². The summed E-state index contributed by atoms with van der Waals surface area (Å²) in [4.78, 5) is 12.9. The van der Waals surface area contributed by atoms with Gasteiger partial charge in [-0.05, 0) is 42.0 Å². The number of ether oxygens (including phenoxy) is 1. The molecule has 2 aromatic rings. The summed E-state index contributed by atoms with van der Waals surface area (Å²) in [6, 6.07) is 12.8. The van der Waals surface area contributed by atoms with Crippen molar-refractivity contribution in [1.82, 2.24) is 5.32 Å². The van der Waals surface area contributed by atoms with Crippen molar-refractivity contribution in [1.29, 1.82) is 0 Å². The first kappa shape index (κ1) is 17.0. The van der Waals surface area contributed by atoms with Crippen molar-refractivity contribution in [3.8, 4) is 5.75 Å². The summed E-state index contributed by atoms with van der Waals surface area (Å²) in [5.74, 6) is 1.09. The topological polar surface area (TPSA) is 38.3 Å². The number of methoxy groups -OCH3 is 1. The van der Waals surface area contributed by atoms with Gasteiger partial charge in [-0.25, -0.2) is 0 Å². The van der Waals surface area contributed by atoms with E-state index in [2.05, 4.69) is 5.32 Å². The molecule has 0 aliphatic carbocycles. The molecule has 1 amide bonds. The molecule has 0 aliphatic rings. The zero-order valence-electron chi connectivity index (χ0n) is 11.9. The van der Waals surface area contributed by atoms with Gasteiger partial charge in [-0.15, -0.1) is 11.8 Å². The number of carbonyl (C=O) groups excluding carboxylic acids is 1. The molecule has 0 unspecified atom stereocenters. The Morgan fingerprint density at radius 1 is 1.18 bits per heavy atom. The quantitative estimate of drug-likeness (QED) is 0.779. The van der Waals surface area contributed by atoms with E-state index < -0.39 is 0 Å². The van der Waals surface area contributed by atoms with Crippen LogP contribution in [0.15, 0.2) is 47.4 Å². The fourth-order valence-corrected chi connectivity index (χ4v) is 2.93. The molecule has 0 bridgehead atoms. The van der Waals surface area contributed by atoms with E-state index in [0.717, 1.165) is 16.2 Å². The summed E-state index contributed by atoms with van der Waals surface area (Å²) in [5.41, 5.74) is 0.842. The van der Waals surface area contributed by atoms with Crippen molar-refractivity contribution in [2.75, 3.05) is 12.9 Å². The van der Waals surface area contributed by atoms with Gasteiger partial charge in [-0.1, -0.05) is 29.3 Å². The lowest BCUT2D eigenvalue weighted by molar-refractivity contribution is -0.118. The Balaban J connectivity index is 1.80. The van der Waals surface area contributed by atoms with Crippen LogP contribution in [0.1, 0.15) is 5.56 Å². The third-order valence-electron chi connectivity index (χ3n) is 2.92. The van der Waals surface area contributed by atoms with E-state index in [1.54, 1.807) is 19.2 Å². The van der Waals surface area contributed by atoms with Crippen molar-refractivity contribution < 1.29 is 9.53 Å². The Bertz CT molecular complexity index is 647. The van der Waals surface area contributed by atoms with Gasteiger partial charge in [0.1, 0.15) is 5.75 Å². The van der Waals surface area contributed by atoms with Crippen molar-refractivity contribution in [3.63, 3.8) is 0 Å². The summed E-state index contributed by atoms with van der Waals surface area (Å²) in [5, 5.41) is 3.97. The highest BCUT2D eigenvalue weighted by atomic mass is 35.5. The number of hydrogen-bond donors (Lipinski definition) is 1. The van der Waals surface area contributed by atoms with Gasteiger partial charge in [0.05, 0.1) is 12.9 Å². The van der Waals surface area contributed by atoms with E-state index in [0.29, 0.717) is 22.3 Å². The van der Waals surface area contributed by atoms with E-state index in [1.165, 1.54) is 11.8 Å². The zero-order valence-corrected chi connectivity index (χ0v) is 14.3. The molecule has 0 radical (unpaired) electrons. The molecular formula is C16H15Cl2NO2S. The summed E-state index contributed by atoms with van der Waals surface area (Å²) in [7, 11) is 1.62. The van der Waals surface area contributed by atoms with Crippen LogP contribution in [0.3, 0.4) is 0 Å². The Hall–Kier alpha value is -1.36. The third-order valence-corrected chi connectivity index (χ3v) is 4.52. The second-order valence-electron chi connectivity index (χ2n) is 4.48. The van der Waals surface area contributed by atoms with Crippen molar-refractivity contribution >= 4 is 40.9 Å². The van der Waals surface area contributed by atoms with E-state index in [1.807, 2.05) is 30.3 Å². The molecule has 6 heteroatoms. The monoisotopic (exact) mass is 355 g/mol. The first-order valence-corrected chi connectivity index (χ1v) is 8.30. The predicted molar refractivity (Wildman–Crippen MR) is 92.0 cm³/mol. The molecule has 0 saturated heterocycles. The molecule has 3 nitrogen and oxygen atoms in total. The largest absolute Gasteiger partial charge is 0.497 e. The van der Waals surface area contributed by atoms with E-state index in [-0.39, 0.29) is 5.91 Å². The summed E-state index contributed by atoms with van der Waals surface area (Å²) in [6.07, 6.45) is 0. The molecule has 0 fully saturated rings. The smallest absolute Gasteiger partial charge is 0.230 e. The Morgan fingerprint density at radius 3 is 2.55 bits per heavy atom. The van der Waals surface area contributed by atoms with Crippen LogP contribution in [0.2, 0.25) is 10.0 Å². The minimum atomic E-state index is -0.0492. The predicted octanol–water partition coefficient (Wildman–Crippen LogP) is 4.41. The standard InChI is InChI=1S/C16H15Cl2NO2S/c1-21-13-4-6-14(7-5-13)22-10-16(20)19-9-11-2-3-12(17)8-15(11)18/h2-8H,9-10H2,1H3,(H,19,20). The molecule has 22 heavy (non-hydrogen) atoms. The van der Waals surface area contributed by atoms with Crippen molar-refractivity contribution in [2.24, 2.45) is 0 Å². The lowest BCUT2D eigenvalue weighted by atomic mass is 10.2. The summed E-state index contributed by atoms with van der Waals surface area (Å²) < 4.78 is 5.09. The molecule has 1 N–H and O–H groups in total. The molecule has 0 atom stereocenters. The van der Waals surface area contributed by atoms with Crippen molar-refractivity contribution in [3.05, 3.63) is 58.1 Å². The average molecular weight is 356 g/mol. The van der Waals surface area contributed by atoms with Gasteiger partial charge in [-0.3, -0.25) is 4.79 Å². The normalized spacial score (nSPS) is 10.3. The lowest BCUT2D eigenvalue weighted by Gasteiger charge is -2.07. The minimum Gasteiger partial charge on any atom is -0.497 e. The Kier molecular flexibility index (Phi) is 6.43. The Morgan fingerprint density at radius 2 is 1.91 bits per heavy atom. The average Bonchev–Trinajstić information content (AvgIpc) is 2.52. The zero-order chi connectivity index (χ0) is 15.9. The molecule has 0 aromatic heterocycles. The lowest BCUT2D eigenvalue weighted by Crippen LogP contribution is -2.24. The molecular weight excluding hydrogens is 341 g/mol. The maximum absolute atomic E-state index is 11.9. The highest BCUT2D eigenvalue weighted by Gasteiger charge is 2.06. The molecule has 2 aromatic carbocycles. The SMILES string of the molecule is COc1ccc(SCC(=O)NCc2ccc(Cl)cc2Cl)cc1. The summed E-state index contributed by atoms with van der Waals surface area (Å²) in [6.45, 7) is 0.387. The van der Waals surface area contributed by atoms with E-state index in [4.69, 9.17) is 27.9 Å². The number of benzene rings is 2. The second-order valence-corrected chi connectivity index (χ2v) is 6.37. The second kappa shape index (κ2) is 8.32. The van der Waals surface area contributed by atoms with Gasteiger partial charge in [0, 0.05) is 21.5 Å². The molecule has 2 rings (SSSR count). The summed E-state index contributed by atoms with van der Waals surface area (Å²) >= 11 is 13.4. The number of halogens is 2. The number of carbonyl (C=O) groups is 1. The molecule has 116 valence electrons. The van der Waals surface area contributed by atoms with Crippen LogP contribution in [0.25, 0.3) is 0 Å². The number of rotatable bonds is 6. The molecule has 0 saturated carbocycles. The van der Waals surface area contributed by atoms with Crippen LogP contribution < -0.4 is 10.1 Å². The number of amides is 1. The highest BCUT2D eigenvalue weighted by Crippen LogP contribution is 2.22. The molecule has 0 aliphatic heterocycles. The van der Waals surface area contributed by atoms with Crippen LogP contribution in [0.4, 0.5) is 0 Å². The van der Waals surface area contributed by atoms with Gasteiger partial charge in [0.25, 0.3) is 0 Å². The number of hydrogen-bond acceptors (Lipinski definition) is 3. The Labute approximate surface area is 144 Å². The van der Waals surface area contributed by atoms with Crippen LogP contribution in [0, 0.1) is 0 Å². The fourth-order valence-electron chi connectivity index (χ4n) is 1.73. The molecule has 0 heterocycles. The maximum atomic E-state index is 11.9.